The van der Waals surface area contributed by atoms with Crippen molar-refractivity contribution in [2.45, 2.75) is 38.3 Å². The lowest BCUT2D eigenvalue weighted by atomic mass is 9.95. The van der Waals surface area contributed by atoms with Crippen LogP contribution in [-0.2, 0) is 24.1 Å². The number of aromatic nitrogens is 1. The minimum atomic E-state index is -0.733. The number of carbonyl (C=O) groups excluding carboxylic acids is 2. The Kier molecular flexibility index (Phi) is 6.23. The van der Waals surface area contributed by atoms with Gasteiger partial charge in [0.05, 0.1) is 24.9 Å². The molecule has 1 atom stereocenters. The van der Waals surface area contributed by atoms with Crippen LogP contribution in [0.3, 0.4) is 0 Å². The average molecular weight is 534 g/mol. The first-order valence-corrected chi connectivity index (χ1v) is 13.3. The molecule has 2 amide bonds. The fourth-order valence-corrected chi connectivity index (χ4v) is 6.88. The van der Waals surface area contributed by atoms with Gasteiger partial charge in [-0.2, -0.15) is 0 Å². The number of rotatable bonds is 3. The van der Waals surface area contributed by atoms with Crippen LogP contribution < -0.4 is 5.32 Å². The molecule has 0 radical (unpaired) electrons. The third kappa shape index (κ3) is 4.26. The van der Waals surface area contributed by atoms with Gasteiger partial charge in [-0.05, 0) is 85.3 Å². The molecule has 2 aromatic heterocycles. The molecule has 3 heterocycles. The number of fused-ring (bicyclic) bond motifs is 5. The molecule has 1 aliphatic heterocycles. The van der Waals surface area contributed by atoms with Crippen LogP contribution in [0.25, 0.3) is 5.00 Å². The minimum absolute atomic E-state index is 0.289. The fourth-order valence-electron chi connectivity index (χ4n) is 5.47. The van der Waals surface area contributed by atoms with Crippen molar-refractivity contribution in [1.82, 2.24) is 9.47 Å². The van der Waals surface area contributed by atoms with E-state index in [1.807, 2.05) is 18.3 Å². The Bertz CT molecular complexity index is 1520. The van der Waals surface area contributed by atoms with Gasteiger partial charge in [0.2, 0.25) is 0 Å². The van der Waals surface area contributed by atoms with Crippen molar-refractivity contribution in [2.75, 3.05) is 12.4 Å². The van der Waals surface area contributed by atoms with Gasteiger partial charge >= 0.3 is 12.0 Å². The predicted molar refractivity (Wildman–Crippen MR) is 141 cm³/mol. The number of ether oxygens (including phenoxy) is 1. The topological polar surface area (TPSA) is 63.6 Å². The van der Waals surface area contributed by atoms with Gasteiger partial charge in [0.1, 0.15) is 22.7 Å². The standard InChI is InChI=1S/C29H25F2N3O3S/c1-37-28(35)17-8-10-21(11-9-17)32-29(36)34-16-23-22-5-2-3-7-25(22)38-27(23)33-12-4-6-24(33)26(34)18-13-19(30)15-20(31)14-18/h4,6,8-15,26H,2-3,5,7,16H2,1H3,(H,32,36). The zero-order valence-corrected chi connectivity index (χ0v) is 21.5. The second kappa shape index (κ2) is 9.72. The van der Waals surface area contributed by atoms with Gasteiger partial charge in [-0.15, -0.1) is 11.3 Å². The van der Waals surface area contributed by atoms with Crippen LogP contribution in [0.5, 0.6) is 0 Å². The van der Waals surface area contributed by atoms with Crippen molar-refractivity contribution in [1.29, 1.82) is 0 Å². The van der Waals surface area contributed by atoms with E-state index >= 15 is 0 Å². The number of carbonyl (C=O) groups is 2. The van der Waals surface area contributed by atoms with Crippen LogP contribution in [0.4, 0.5) is 19.3 Å². The summed E-state index contributed by atoms with van der Waals surface area (Å²) in [5, 5.41) is 3.97. The van der Waals surface area contributed by atoms with E-state index in [4.69, 9.17) is 4.74 Å². The monoisotopic (exact) mass is 533 g/mol. The molecular formula is C29H25F2N3O3S. The van der Waals surface area contributed by atoms with Crippen LogP contribution in [0.2, 0.25) is 0 Å². The van der Waals surface area contributed by atoms with Crippen molar-refractivity contribution < 1.29 is 23.1 Å². The largest absolute Gasteiger partial charge is 0.465 e. The highest BCUT2D eigenvalue weighted by molar-refractivity contribution is 7.15. The molecule has 1 aliphatic carbocycles. The zero-order valence-electron chi connectivity index (χ0n) is 20.7. The number of nitrogens with one attached hydrogen (secondary N) is 1. The minimum Gasteiger partial charge on any atom is -0.465 e. The second-order valence-electron chi connectivity index (χ2n) is 9.53. The number of aryl methyl sites for hydroxylation is 1. The van der Waals surface area contributed by atoms with Gasteiger partial charge in [-0.25, -0.2) is 18.4 Å². The molecule has 38 heavy (non-hydrogen) atoms. The highest BCUT2D eigenvalue weighted by atomic mass is 32.1. The zero-order chi connectivity index (χ0) is 26.4. The second-order valence-corrected chi connectivity index (χ2v) is 10.6. The first-order valence-electron chi connectivity index (χ1n) is 12.5. The number of amides is 2. The van der Waals surface area contributed by atoms with Crippen molar-refractivity contribution in [3.05, 3.63) is 105 Å². The van der Waals surface area contributed by atoms with Gasteiger partial charge in [-0.3, -0.25) is 0 Å². The number of benzene rings is 2. The maximum Gasteiger partial charge on any atom is 0.337 e. The van der Waals surface area contributed by atoms with Crippen molar-refractivity contribution in [2.24, 2.45) is 0 Å². The lowest BCUT2D eigenvalue weighted by molar-refractivity contribution is 0.0600. The van der Waals surface area contributed by atoms with Gasteiger partial charge in [0, 0.05) is 28.4 Å². The highest BCUT2D eigenvalue weighted by Crippen LogP contribution is 2.44. The van der Waals surface area contributed by atoms with Gasteiger partial charge in [-0.1, -0.05) is 0 Å². The first kappa shape index (κ1) is 24.4. The van der Waals surface area contributed by atoms with Gasteiger partial charge < -0.3 is 19.5 Å². The van der Waals surface area contributed by atoms with Gasteiger partial charge in [0.25, 0.3) is 0 Å². The fraction of sp³-hybridized carbons (Fsp3) is 0.241. The molecule has 4 aromatic rings. The van der Waals surface area contributed by atoms with E-state index in [1.54, 1.807) is 40.5 Å². The average Bonchev–Trinajstić information content (AvgIpc) is 3.50. The number of esters is 1. The first-order chi connectivity index (χ1) is 18.4. The Morgan fingerprint density at radius 3 is 2.47 bits per heavy atom. The molecule has 0 fully saturated rings. The summed E-state index contributed by atoms with van der Waals surface area (Å²) in [6.07, 6.45) is 6.14. The normalized spacial score (nSPS) is 16.2. The summed E-state index contributed by atoms with van der Waals surface area (Å²) in [4.78, 5) is 28.7. The maximum atomic E-state index is 14.4. The lowest BCUT2D eigenvalue weighted by Gasteiger charge is -2.31. The molecule has 1 N–H and O–H groups in total. The Labute approximate surface area is 222 Å². The smallest absolute Gasteiger partial charge is 0.337 e. The number of urea groups is 1. The Morgan fingerprint density at radius 1 is 1.00 bits per heavy atom. The number of anilines is 1. The molecule has 0 spiro atoms. The summed E-state index contributed by atoms with van der Waals surface area (Å²) in [7, 11) is 1.31. The van der Waals surface area contributed by atoms with E-state index in [1.165, 1.54) is 29.7 Å². The summed E-state index contributed by atoms with van der Waals surface area (Å²) in [6, 6.07) is 12.4. The quantitative estimate of drug-likeness (QED) is 0.301. The van der Waals surface area contributed by atoms with E-state index in [-0.39, 0.29) is 6.54 Å². The molecule has 2 aromatic carbocycles. The SMILES string of the molecule is COC(=O)c1ccc(NC(=O)N2Cc3c(sc4c3CCCC4)-n3cccc3C2c2cc(F)cc(F)c2)cc1. The number of methoxy groups -OCH3 is 1. The number of thiophene rings is 1. The molecule has 9 heteroatoms. The summed E-state index contributed by atoms with van der Waals surface area (Å²) in [5.74, 6) is -1.87. The highest BCUT2D eigenvalue weighted by Gasteiger charge is 2.36. The van der Waals surface area contributed by atoms with Crippen molar-refractivity contribution in [3.8, 4) is 5.00 Å². The van der Waals surface area contributed by atoms with E-state index < -0.39 is 29.7 Å². The van der Waals surface area contributed by atoms with Crippen LogP contribution >= 0.6 is 11.3 Å². The van der Waals surface area contributed by atoms with Crippen molar-refractivity contribution >= 4 is 29.0 Å². The number of hydrogen-bond acceptors (Lipinski definition) is 4. The number of halogens is 2. The lowest BCUT2D eigenvalue weighted by Crippen LogP contribution is -2.38. The molecular weight excluding hydrogens is 508 g/mol. The molecule has 0 bridgehead atoms. The van der Waals surface area contributed by atoms with Gasteiger partial charge in [0.15, 0.2) is 0 Å². The third-order valence-corrected chi connectivity index (χ3v) is 8.53. The van der Waals surface area contributed by atoms with Crippen LogP contribution in [0.15, 0.2) is 60.8 Å². The molecule has 6 nitrogen and oxygen atoms in total. The number of nitrogens with zero attached hydrogens (tertiary/aromatic N) is 2. The molecule has 2 aliphatic rings. The summed E-state index contributed by atoms with van der Waals surface area (Å²) in [6.45, 7) is 0.289. The van der Waals surface area contributed by atoms with E-state index in [0.717, 1.165) is 48.0 Å². The maximum absolute atomic E-state index is 14.4. The van der Waals surface area contributed by atoms with E-state index in [2.05, 4.69) is 9.88 Å². The molecule has 194 valence electrons. The molecule has 1 unspecified atom stereocenters. The Morgan fingerprint density at radius 2 is 1.74 bits per heavy atom. The predicted octanol–water partition coefficient (Wildman–Crippen LogP) is 6.62. The Balaban J connectivity index is 1.45. The van der Waals surface area contributed by atoms with Crippen LogP contribution in [-0.4, -0.2) is 28.6 Å². The van der Waals surface area contributed by atoms with Crippen LogP contribution in [0, 0.1) is 11.6 Å². The molecule has 0 saturated heterocycles. The number of hydrogen-bond donors (Lipinski definition) is 1. The van der Waals surface area contributed by atoms with Crippen molar-refractivity contribution in [3.63, 3.8) is 0 Å². The van der Waals surface area contributed by atoms with Crippen LogP contribution in [0.1, 0.15) is 56.5 Å². The third-order valence-electron chi connectivity index (χ3n) is 7.20. The Hall–Kier alpha value is -3.98. The summed E-state index contributed by atoms with van der Waals surface area (Å²) < 4.78 is 35.6. The van der Waals surface area contributed by atoms with E-state index in [9.17, 15) is 18.4 Å². The molecule has 0 saturated carbocycles. The van der Waals surface area contributed by atoms with E-state index in [0.29, 0.717) is 16.8 Å². The summed E-state index contributed by atoms with van der Waals surface area (Å²) in [5.41, 5.74) is 4.31. The molecule has 6 rings (SSSR count). The summed E-state index contributed by atoms with van der Waals surface area (Å²) >= 11 is 1.74.